The van der Waals surface area contributed by atoms with Gasteiger partial charge in [0.1, 0.15) is 6.54 Å². The Balaban J connectivity index is 1.29. The lowest BCUT2D eigenvalue weighted by atomic mass is 9.88. The molecule has 5 heteroatoms. The molecule has 0 spiro atoms. The van der Waals surface area contributed by atoms with Gasteiger partial charge in [-0.05, 0) is 31.2 Å². The minimum atomic E-state index is 0.0631. The first-order valence-corrected chi connectivity index (χ1v) is 10.8. The molecule has 1 aromatic rings. The molecule has 0 radical (unpaired) electrons. The number of benzene rings is 1. The molecule has 0 N–H and O–H groups in total. The van der Waals surface area contributed by atoms with Crippen molar-refractivity contribution in [3.8, 4) is 0 Å². The fraction of sp³-hybridized carbons (Fsp3) is 0.565. The number of carbonyl (C=O) groups excluding carboxylic acids is 2. The van der Waals surface area contributed by atoms with Crippen LogP contribution in [0.3, 0.4) is 0 Å². The third kappa shape index (κ3) is 4.46. The molecule has 5 nitrogen and oxygen atoms in total. The zero-order valence-corrected chi connectivity index (χ0v) is 16.6. The minimum Gasteiger partial charge on any atom is -0.313 e. The molecule has 0 unspecified atom stereocenters. The van der Waals surface area contributed by atoms with Crippen LogP contribution < -0.4 is 0 Å². The molecule has 4 rings (SSSR count). The van der Waals surface area contributed by atoms with Crippen molar-refractivity contribution < 1.29 is 9.59 Å². The van der Waals surface area contributed by atoms with Crippen LogP contribution in [-0.4, -0.2) is 52.2 Å². The second-order valence-corrected chi connectivity index (χ2v) is 8.39. The Morgan fingerprint density at radius 1 is 0.929 bits per heavy atom. The first kappa shape index (κ1) is 19.2. The lowest BCUT2D eigenvalue weighted by Crippen LogP contribution is -2.51. The summed E-state index contributed by atoms with van der Waals surface area (Å²) in [6, 6.07) is 10.8. The average Bonchev–Trinajstić information content (AvgIpc) is 2.75. The van der Waals surface area contributed by atoms with E-state index < -0.39 is 0 Å². The predicted octanol–water partition coefficient (Wildman–Crippen LogP) is 3.37. The summed E-state index contributed by atoms with van der Waals surface area (Å²) in [5.74, 6) is 0.314. The van der Waals surface area contributed by atoms with E-state index in [1.807, 2.05) is 23.4 Å². The van der Waals surface area contributed by atoms with Crippen LogP contribution in [0.2, 0.25) is 0 Å². The molecule has 150 valence electrons. The SMILES string of the molecule is O=C(C1CCCCC1)N1C=CN(C2CCN(Cc3ccccc3)CC2)C(=O)C1. The molecule has 2 amide bonds. The largest absolute Gasteiger partial charge is 0.313 e. The molecule has 0 bridgehead atoms. The molecule has 1 aliphatic carbocycles. The molecule has 28 heavy (non-hydrogen) atoms. The Labute approximate surface area is 168 Å². The molecule has 2 heterocycles. The zero-order chi connectivity index (χ0) is 19.3. The van der Waals surface area contributed by atoms with Crippen LogP contribution in [-0.2, 0) is 16.1 Å². The Hall–Kier alpha value is -2.14. The summed E-state index contributed by atoms with van der Waals surface area (Å²) in [6.07, 6.45) is 11.1. The molecule has 3 aliphatic rings. The van der Waals surface area contributed by atoms with Crippen molar-refractivity contribution >= 4 is 11.8 Å². The number of rotatable bonds is 4. The van der Waals surface area contributed by atoms with Crippen molar-refractivity contribution in [2.24, 2.45) is 5.92 Å². The molecule has 1 saturated carbocycles. The van der Waals surface area contributed by atoms with E-state index in [-0.39, 0.29) is 30.3 Å². The maximum Gasteiger partial charge on any atom is 0.246 e. The molecular formula is C23H31N3O2. The summed E-state index contributed by atoms with van der Waals surface area (Å²) in [4.78, 5) is 31.4. The highest BCUT2D eigenvalue weighted by Crippen LogP contribution is 2.27. The zero-order valence-electron chi connectivity index (χ0n) is 16.6. The predicted molar refractivity (Wildman–Crippen MR) is 109 cm³/mol. The summed E-state index contributed by atoms with van der Waals surface area (Å²) in [7, 11) is 0. The molecule has 0 atom stereocenters. The quantitative estimate of drug-likeness (QED) is 0.803. The van der Waals surface area contributed by atoms with Gasteiger partial charge in [0.05, 0.1) is 0 Å². The van der Waals surface area contributed by atoms with Crippen molar-refractivity contribution in [2.45, 2.75) is 57.5 Å². The van der Waals surface area contributed by atoms with Gasteiger partial charge in [0.2, 0.25) is 11.8 Å². The van der Waals surface area contributed by atoms with Crippen molar-refractivity contribution in [3.05, 3.63) is 48.3 Å². The van der Waals surface area contributed by atoms with E-state index >= 15 is 0 Å². The molecule has 1 aromatic carbocycles. The number of likely N-dealkylation sites (tertiary alicyclic amines) is 1. The van der Waals surface area contributed by atoms with Crippen LogP contribution in [0, 0.1) is 5.92 Å². The summed E-state index contributed by atoms with van der Waals surface area (Å²) < 4.78 is 0. The van der Waals surface area contributed by atoms with Gasteiger partial charge in [-0.2, -0.15) is 0 Å². The van der Waals surface area contributed by atoms with E-state index in [0.717, 1.165) is 58.2 Å². The number of nitrogens with zero attached hydrogens (tertiary/aromatic N) is 3. The van der Waals surface area contributed by atoms with E-state index in [4.69, 9.17) is 0 Å². The van der Waals surface area contributed by atoms with Crippen LogP contribution >= 0.6 is 0 Å². The first-order valence-electron chi connectivity index (χ1n) is 10.8. The topological polar surface area (TPSA) is 43.9 Å². The molecular weight excluding hydrogens is 350 g/mol. The van der Waals surface area contributed by atoms with E-state index in [0.29, 0.717) is 0 Å². The minimum absolute atomic E-state index is 0.0631. The summed E-state index contributed by atoms with van der Waals surface area (Å²) in [5.41, 5.74) is 1.34. The summed E-state index contributed by atoms with van der Waals surface area (Å²) in [5, 5.41) is 0. The summed E-state index contributed by atoms with van der Waals surface area (Å²) >= 11 is 0. The molecule has 2 fully saturated rings. The van der Waals surface area contributed by atoms with Crippen LogP contribution in [0.15, 0.2) is 42.7 Å². The third-order valence-electron chi connectivity index (χ3n) is 6.44. The summed E-state index contributed by atoms with van der Waals surface area (Å²) in [6.45, 7) is 3.18. The highest BCUT2D eigenvalue weighted by atomic mass is 16.2. The Morgan fingerprint density at radius 3 is 2.32 bits per heavy atom. The van der Waals surface area contributed by atoms with Gasteiger partial charge < -0.3 is 9.80 Å². The van der Waals surface area contributed by atoms with E-state index in [9.17, 15) is 9.59 Å². The first-order chi connectivity index (χ1) is 13.7. The normalized spacial score (nSPS) is 22.6. The monoisotopic (exact) mass is 381 g/mol. The standard InChI is InChI=1S/C23H31N3O2/c27-22-18-25(23(28)20-9-5-2-6-10-20)15-16-26(22)21-11-13-24(14-12-21)17-19-7-3-1-4-8-19/h1,3-4,7-8,15-16,20-21H,2,5-6,9-14,17-18H2. The van der Waals surface area contributed by atoms with E-state index in [1.165, 1.54) is 12.0 Å². The van der Waals surface area contributed by atoms with E-state index in [2.05, 4.69) is 29.2 Å². The van der Waals surface area contributed by atoms with Crippen molar-refractivity contribution in [2.75, 3.05) is 19.6 Å². The Morgan fingerprint density at radius 2 is 1.64 bits per heavy atom. The average molecular weight is 382 g/mol. The highest BCUT2D eigenvalue weighted by Gasteiger charge is 2.33. The van der Waals surface area contributed by atoms with Crippen LogP contribution in [0.5, 0.6) is 0 Å². The molecule has 2 aliphatic heterocycles. The Kier molecular flexibility index (Phi) is 6.10. The lowest BCUT2D eigenvalue weighted by molar-refractivity contribution is -0.142. The molecule has 1 saturated heterocycles. The van der Waals surface area contributed by atoms with Gasteiger partial charge in [-0.15, -0.1) is 0 Å². The number of amides is 2. The van der Waals surface area contributed by atoms with Crippen LogP contribution in [0.4, 0.5) is 0 Å². The van der Waals surface area contributed by atoms with E-state index in [1.54, 1.807) is 4.90 Å². The van der Waals surface area contributed by atoms with Gasteiger partial charge >= 0.3 is 0 Å². The Bertz CT molecular complexity index is 704. The number of hydrogen-bond acceptors (Lipinski definition) is 3. The molecule has 0 aromatic heterocycles. The van der Waals surface area contributed by atoms with Crippen LogP contribution in [0.1, 0.15) is 50.5 Å². The van der Waals surface area contributed by atoms with Gasteiger partial charge in [0, 0.05) is 44.0 Å². The van der Waals surface area contributed by atoms with Gasteiger partial charge in [0.25, 0.3) is 0 Å². The van der Waals surface area contributed by atoms with Gasteiger partial charge in [0.15, 0.2) is 0 Å². The number of hydrogen-bond donors (Lipinski definition) is 0. The second-order valence-electron chi connectivity index (χ2n) is 8.39. The maximum atomic E-state index is 12.7. The lowest BCUT2D eigenvalue weighted by Gasteiger charge is -2.40. The number of carbonyl (C=O) groups is 2. The van der Waals surface area contributed by atoms with Gasteiger partial charge in [-0.1, -0.05) is 49.6 Å². The smallest absolute Gasteiger partial charge is 0.246 e. The van der Waals surface area contributed by atoms with Gasteiger partial charge in [-0.3, -0.25) is 14.5 Å². The second kappa shape index (κ2) is 8.91. The fourth-order valence-corrected chi connectivity index (χ4v) is 4.77. The van der Waals surface area contributed by atoms with Crippen molar-refractivity contribution in [3.63, 3.8) is 0 Å². The maximum absolute atomic E-state index is 12.7. The fourth-order valence-electron chi connectivity index (χ4n) is 4.77. The van der Waals surface area contributed by atoms with Crippen molar-refractivity contribution in [1.82, 2.24) is 14.7 Å². The third-order valence-corrected chi connectivity index (χ3v) is 6.44. The van der Waals surface area contributed by atoms with Crippen LogP contribution in [0.25, 0.3) is 0 Å². The van der Waals surface area contributed by atoms with Gasteiger partial charge in [-0.25, -0.2) is 0 Å². The number of piperidine rings is 1. The van der Waals surface area contributed by atoms with Crippen molar-refractivity contribution in [1.29, 1.82) is 0 Å². The highest BCUT2D eigenvalue weighted by molar-refractivity contribution is 5.88.